The Bertz CT molecular complexity index is 527. The fraction of sp³-hybridized carbons (Fsp3) is 0.500. The van der Waals surface area contributed by atoms with Crippen molar-refractivity contribution >= 4 is 11.2 Å². The highest BCUT2D eigenvalue weighted by atomic mass is 16.5. The minimum absolute atomic E-state index is 0.0639. The Balaban J connectivity index is 1.94. The van der Waals surface area contributed by atoms with Crippen molar-refractivity contribution in [2.75, 3.05) is 6.61 Å². The van der Waals surface area contributed by atoms with Gasteiger partial charge in [-0.05, 0) is 0 Å². The lowest BCUT2D eigenvalue weighted by molar-refractivity contribution is -0.191. The van der Waals surface area contributed by atoms with Crippen LogP contribution in [0.4, 0.5) is 0 Å². The zero-order valence-electron chi connectivity index (χ0n) is 9.26. The van der Waals surface area contributed by atoms with Crippen molar-refractivity contribution in [1.82, 2.24) is 19.9 Å². The number of aliphatic hydroxyl groups excluding tert-OH is 3. The molecule has 3 rings (SSSR count). The maximum Gasteiger partial charge on any atom is 0.180 e. The predicted octanol–water partition coefficient (Wildman–Crippen LogP) is -1.49. The predicted molar refractivity (Wildman–Crippen MR) is 58.4 cm³/mol. The van der Waals surface area contributed by atoms with E-state index >= 15 is 0 Å². The van der Waals surface area contributed by atoms with Crippen molar-refractivity contribution in [2.24, 2.45) is 0 Å². The van der Waals surface area contributed by atoms with Gasteiger partial charge in [-0.3, -0.25) is 0 Å². The Morgan fingerprint density at radius 1 is 1.28 bits per heavy atom. The summed E-state index contributed by atoms with van der Waals surface area (Å²) in [6.07, 6.45) is -1.51. The van der Waals surface area contributed by atoms with Gasteiger partial charge in [-0.1, -0.05) is 0 Å². The van der Waals surface area contributed by atoms with Gasteiger partial charge in [-0.25, -0.2) is 15.0 Å². The molecule has 0 amide bonds. The number of ether oxygens (including phenoxy) is 1. The molecule has 0 aliphatic carbocycles. The summed E-state index contributed by atoms with van der Waals surface area (Å²) in [5, 5.41) is 28.8. The summed E-state index contributed by atoms with van der Waals surface area (Å²) in [5.74, 6) is 0.351. The van der Waals surface area contributed by atoms with Gasteiger partial charge < -0.3 is 25.0 Å². The number of aromatic amines is 1. The van der Waals surface area contributed by atoms with E-state index in [9.17, 15) is 15.3 Å². The van der Waals surface area contributed by atoms with Crippen LogP contribution in [0.15, 0.2) is 12.5 Å². The molecule has 1 aliphatic rings. The van der Waals surface area contributed by atoms with Gasteiger partial charge in [-0.2, -0.15) is 0 Å². The summed E-state index contributed by atoms with van der Waals surface area (Å²) in [4.78, 5) is 14.9. The topological polar surface area (TPSA) is 124 Å². The van der Waals surface area contributed by atoms with E-state index in [0.717, 1.165) is 0 Å². The standard InChI is InChI=1S/C10H12N4O4/c15-5-2-18-8(7(17)6(5)16)10-13-4-1-11-3-12-9(4)14-10/h1,3,5-8,15-17H,2H2,(H,11,12,13,14). The summed E-state index contributed by atoms with van der Waals surface area (Å²) >= 11 is 0. The highest BCUT2D eigenvalue weighted by Crippen LogP contribution is 2.27. The molecule has 0 saturated carbocycles. The number of hydrogen-bond donors (Lipinski definition) is 4. The van der Waals surface area contributed by atoms with Crippen LogP contribution >= 0.6 is 0 Å². The molecule has 2 aromatic heterocycles. The van der Waals surface area contributed by atoms with Crippen LogP contribution in [0.25, 0.3) is 11.2 Å². The molecular formula is C10H12N4O4. The third kappa shape index (κ3) is 1.75. The fourth-order valence-electron chi connectivity index (χ4n) is 1.96. The molecule has 2 aromatic rings. The van der Waals surface area contributed by atoms with E-state index < -0.39 is 24.4 Å². The van der Waals surface area contributed by atoms with Crippen molar-refractivity contribution < 1.29 is 20.1 Å². The van der Waals surface area contributed by atoms with Gasteiger partial charge >= 0.3 is 0 Å². The molecule has 3 heterocycles. The van der Waals surface area contributed by atoms with Gasteiger partial charge in [0.25, 0.3) is 0 Å². The number of nitrogens with one attached hydrogen (secondary N) is 1. The van der Waals surface area contributed by atoms with E-state index in [1.807, 2.05) is 0 Å². The summed E-state index contributed by atoms with van der Waals surface area (Å²) in [7, 11) is 0. The highest BCUT2D eigenvalue weighted by molar-refractivity contribution is 5.68. The third-order valence-corrected chi connectivity index (χ3v) is 2.95. The zero-order chi connectivity index (χ0) is 12.7. The molecule has 1 saturated heterocycles. The first-order chi connectivity index (χ1) is 8.66. The van der Waals surface area contributed by atoms with E-state index in [1.54, 1.807) is 6.20 Å². The second kappa shape index (κ2) is 4.25. The molecule has 18 heavy (non-hydrogen) atoms. The lowest BCUT2D eigenvalue weighted by Gasteiger charge is -2.34. The molecule has 8 heteroatoms. The average Bonchev–Trinajstić information content (AvgIpc) is 2.79. The molecule has 8 nitrogen and oxygen atoms in total. The van der Waals surface area contributed by atoms with Crippen molar-refractivity contribution in [2.45, 2.75) is 24.4 Å². The molecule has 4 N–H and O–H groups in total. The van der Waals surface area contributed by atoms with Crippen LogP contribution in [0.1, 0.15) is 11.9 Å². The van der Waals surface area contributed by atoms with Crippen molar-refractivity contribution in [3.63, 3.8) is 0 Å². The van der Waals surface area contributed by atoms with Gasteiger partial charge in [0.05, 0.1) is 12.8 Å². The van der Waals surface area contributed by atoms with Crippen LogP contribution in [-0.4, -0.2) is 60.2 Å². The quantitative estimate of drug-likeness (QED) is 0.487. The average molecular weight is 252 g/mol. The van der Waals surface area contributed by atoms with Gasteiger partial charge in [0, 0.05) is 0 Å². The minimum Gasteiger partial charge on any atom is -0.388 e. The van der Waals surface area contributed by atoms with Gasteiger partial charge in [-0.15, -0.1) is 0 Å². The molecular weight excluding hydrogens is 240 g/mol. The van der Waals surface area contributed by atoms with E-state index in [4.69, 9.17) is 4.74 Å². The Labute approximate surface area is 101 Å². The molecule has 4 atom stereocenters. The van der Waals surface area contributed by atoms with Crippen molar-refractivity contribution in [3.8, 4) is 0 Å². The van der Waals surface area contributed by atoms with E-state index in [-0.39, 0.29) is 6.61 Å². The van der Waals surface area contributed by atoms with Gasteiger partial charge in [0.1, 0.15) is 42.1 Å². The summed E-state index contributed by atoms with van der Waals surface area (Å²) in [5.41, 5.74) is 1.07. The first kappa shape index (κ1) is 11.5. The lowest BCUT2D eigenvalue weighted by atomic mass is 10.00. The lowest BCUT2D eigenvalue weighted by Crippen LogP contribution is -2.49. The molecule has 0 aromatic carbocycles. The van der Waals surface area contributed by atoms with Crippen LogP contribution in [0.5, 0.6) is 0 Å². The number of hydrogen-bond acceptors (Lipinski definition) is 7. The number of aromatic nitrogens is 4. The monoisotopic (exact) mass is 252 g/mol. The van der Waals surface area contributed by atoms with Crippen LogP contribution < -0.4 is 0 Å². The van der Waals surface area contributed by atoms with Crippen LogP contribution in [0.3, 0.4) is 0 Å². The second-order valence-electron chi connectivity index (χ2n) is 4.18. The number of rotatable bonds is 1. The van der Waals surface area contributed by atoms with Crippen LogP contribution in [-0.2, 0) is 4.74 Å². The van der Waals surface area contributed by atoms with Crippen molar-refractivity contribution in [1.29, 1.82) is 0 Å². The normalized spacial score (nSPS) is 32.8. The van der Waals surface area contributed by atoms with Gasteiger partial charge in [0.2, 0.25) is 0 Å². The fourth-order valence-corrected chi connectivity index (χ4v) is 1.96. The smallest absolute Gasteiger partial charge is 0.180 e. The van der Waals surface area contributed by atoms with E-state index in [0.29, 0.717) is 17.0 Å². The first-order valence-electron chi connectivity index (χ1n) is 5.48. The first-order valence-corrected chi connectivity index (χ1v) is 5.48. The van der Waals surface area contributed by atoms with Crippen LogP contribution in [0, 0.1) is 0 Å². The molecule has 96 valence electrons. The van der Waals surface area contributed by atoms with Gasteiger partial charge in [0.15, 0.2) is 5.65 Å². The Morgan fingerprint density at radius 3 is 2.89 bits per heavy atom. The van der Waals surface area contributed by atoms with Crippen LogP contribution in [0.2, 0.25) is 0 Å². The Kier molecular flexibility index (Phi) is 2.71. The Morgan fingerprint density at radius 2 is 2.11 bits per heavy atom. The number of nitrogens with zero attached hydrogens (tertiary/aromatic N) is 3. The summed E-state index contributed by atoms with van der Waals surface area (Å²) in [6, 6.07) is 0. The van der Waals surface area contributed by atoms with E-state index in [1.165, 1.54) is 6.33 Å². The number of H-pyrrole nitrogens is 1. The minimum atomic E-state index is -1.26. The maximum atomic E-state index is 9.86. The third-order valence-electron chi connectivity index (χ3n) is 2.95. The summed E-state index contributed by atoms with van der Waals surface area (Å²) in [6.45, 7) is -0.0639. The molecule has 4 unspecified atom stereocenters. The SMILES string of the molecule is OC1COC(c2nc3ncncc3[nH]2)C(O)C1O. The molecule has 1 aliphatic heterocycles. The maximum absolute atomic E-state index is 9.86. The molecule has 0 bridgehead atoms. The summed E-state index contributed by atoms with van der Waals surface area (Å²) < 4.78 is 5.29. The van der Waals surface area contributed by atoms with E-state index in [2.05, 4.69) is 19.9 Å². The zero-order valence-corrected chi connectivity index (χ0v) is 9.26. The Hall–Kier alpha value is -1.61. The second-order valence-corrected chi connectivity index (χ2v) is 4.18. The van der Waals surface area contributed by atoms with Crippen molar-refractivity contribution in [3.05, 3.63) is 18.3 Å². The number of aliphatic hydroxyl groups is 3. The largest absolute Gasteiger partial charge is 0.388 e. The molecule has 0 spiro atoms. The number of fused-ring (bicyclic) bond motifs is 1. The molecule has 0 radical (unpaired) electrons. The number of imidazole rings is 1. The highest BCUT2D eigenvalue weighted by Gasteiger charge is 2.39. The molecule has 1 fully saturated rings.